The standard InChI is InChI=1S/C16H13Cl2IN2/c1-10(11-3-2-4-12(18)7-11)21-15-6-5-13(19)8-14(15)20-16(21)9-17/h2-8,10H,9H2,1H3. The van der Waals surface area contributed by atoms with Gasteiger partial charge in [-0.1, -0.05) is 23.7 Å². The highest BCUT2D eigenvalue weighted by molar-refractivity contribution is 14.1. The zero-order chi connectivity index (χ0) is 15.0. The third-order valence-electron chi connectivity index (χ3n) is 3.56. The molecule has 2 aromatic carbocycles. The number of hydrogen-bond acceptors (Lipinski definition) is 1. The van der Waals surface area contributed by atoms with Crippen LogP contribution in [0.2, 0.25) is 5.02 Å². The average Bonchev–Trinajstić information content (AvgIpc) is 2.83. The molecule has 0 aliphatic heterocycles. The normalized spacial score (nSPS) is 12.8. The van der Waals surface area contributed by atoms with Crippen LogP contribution < -0.4 is 0 Å². The largest absolute Gasteiger partial charge is 0.320 e. The van der Waals surface area contributed by atoms with E-state index in [2.05, 4.69) is 63.3 Å². The highest BCUT2D eigenvalue weighted by atomic mass is 127. The van der Waals surface area contributed by atoms with Crippen LogP contribution in [0.15, 0.2) is 42.5 Å². The van der Waals surface area contributed by atoms with Crippen molar-refractivity contribution in [3.8, 4) is 0 Å². The van der Waals surface area contributed by atoms with Gasteiger partial charge in [0.2, 0.25) is 0 Å². The summed E-state index contributed by atoms with van der Waals surface area (Å²) in [6.07, 6.45) is 0. The average molecular weight is 431 g/mol. The maximum Gasteiger partial charge on any atom is 0.125 e. The molecule has 0 aliphatic carbocycles. The van der Waals surface area contributed by atoms with Crippen LogP contribution in [0.25, 0.3) is 11.0 Å². The summed E-state index contributed by atoms with van der Waals surface area (Å²) >= 11 is 14.5. The minimum atomic E-state index is 0.127. The fourth-order valence-corrected chi connectivity index (χ4v) is 3.43. The van der Waals surface area contributed by atoms with Crippen LogP contribution in [0, 0.1) is 3.57 Å². The first kappa shape index (κ1) is 15.1. The van der Waals surface area contributed by atoms with E-state index in [0.29, 0.717) is 5.88 Å². The molecular weight excluding hydrogens is 418 g/mol. The monoisotopic (exact) mass is 430 g/mol. The fraction of sp³-hybridized carbons (Fsp3) is 0.188. The van der Waals surface area contributed by atoms with E-state index in [1.807, 2.05) is 18.2 Å². The Kier molecular flexibility index (Phi) is 4.43. The summed E-state index contributed by atoms with van der Waals surface area (Å²) in [6, 6.07) is 14.3. The summed E-state index contributed by atoms with van der Waals surface area (Å²) in [4.78, 5) is 4.65. The van der Waals surface area contributed by atoms with Gasteiger partial charge in [-0.3, -0.25) is 0 Å². The van der Waals surface area contributed by atoms with E-state index in [9.17, 15) is 0 Å². The SMILES string of the molecule is CC(c1cccc(Cl)c1)n1c(CCl)nc2cc(I)ccc21. The zero-order valence-corrected chi connectivity index (χ0v) is 15.0. The lowest BCUT2D eigenvalue weighted by molar-refractivity contribution is 0.634. The molecule has 1 unspecified atom stereocenters. The lowest BCUT2D eigenvalue weighted by Gasteiger charge is -2.17. The van der Waals surface area contributed by atoms with E-state index in [1.165, 1.54) is 3.57 Å². The predicted octanol–water partition coefficient (Wildman–Crippen LogP) is 5.64. The van der Waals surface area contributed by atoms with Gasteiger partial charge in [-0.2, -0.15) is 0 Å². The molecule has 0 bridgehead atoms. The molecule has 5 heteroatoms. The van der Waals surface area contributed by atoms with E-state index in [0.717, 1.165) is 27.4 Å². The van der Waals surface area contributed by atoms with Gasteiger partial charge in [0.1, 0.15) is 5.82 Å². The number of alkyl halides is 1. The van der Waals surface area contributed by atoms with Crippen molar-refractivity contribution < 1.29 is 0 Å². The number of rotatable bonds is 3. The second-order valence-corrected chi connectivity index (χ2v) is 6.85. The van der Waals surface area contributed by atoms with Crippen molar-refractivity contribution in [2.24, 2.45) is 0 Å². The van der Waals surface area contributed by atoms with Gasteiger partial charge in [-0.05, 0) is 65.4 Å². The number of nitrogens with zero attached hydrogens (tertiary/aromatic N) is 2. The maximum absolute atomic E-state index is 6.11. The number of hydrogen-bond donors (Lipinski definition) is 0. The topological polar surface area (TPSA) is 17.8 Å². The van der Waals surface area contributed by atoms with Crippen LogP contribution in [0.5, 0.6) is 0 Å². The Labute approximate surface area is 147 Å². The molecule has 108 valence electrons. The summed E-state index contributed by atoms with van der Waals surface area (Å²) in [5.41, 5.74) is 3.22. The molecule has 1 aromatic heterocycles. The van der Waals surface area contributed by atoms with Crippen molar-refractivity contribution in [3.05, 3.63) is 62.4 Å². The van der Waals surface area contributed by atoms with Gasteiger partial charge in [0.25, 0.3) is 0 Å². The van der Waals surface area contributed by atoms with Gasteiger partial charge in [0.15, 0.2) is 0 Å². The molecule has 3 aromatic rings. The fourth-order valence-electron chi connectivity index (χ4n) is 2.56. The van der Waals surface area contributed by atoms with E-state index in [4.69, 9.17) is 23.2 Å². The molecule has 0 fully saturated rings. The van der Waals surface area contributed by atoms with Crippen LogP contribution in [0.4, 0.5) is 0 Å². The van der Waals surface area contributed by atoms with E-state index in [1.54, 1.807) is 0 Å². The number of fused-ring (bicyclic) bond motifs is 1. The molecule has 0 saturated carbocycles. The van der Waals surface area contributed by atoms with Crippen LogP contribution >= 0.6 is 45.8 Å². The van der Waals surface area contributed by atoms with Crippen LogP contribution in [0.1, 0.15) is 24.4 Å². The smallest absolute Gasteiger partial charge is 0.125 e. The second-order valence-electron chi connectivity index (χ2n) is 4.90. The Morgan fingerprint density at radius 3 is 2.76 bits per heavy atom. The Morgan fingerprint density at radius 2 is 2.05 bits per heavy atom. The quantitative estimate of drug-likeness (QED) is 0.388. The summed E-state index contributed by atoms with van der Waals surface area (Å²) in [5, 5.41) is 0.741. The van der Waals surface area contributed by atoms with E-state index < -0.39 is 0 Å². The number of aromatic nitrogens is 2. The van der Waals surface area contributed by atoms with Gasteiger partial charge in [-0.15, -0.1) is 11.6 Å². The molecule has 0 spiro atoms. The summed E-state index contributed by atoms with van der Waals surface area (Å²) in [6.45, 7) is 2.14. The van der Waals surface area contributed by atoms with Crippen molar-refractivity contribution in [1.29, 1.82) is 0 Å². The maximum atomic E-state index is 6.11. The molecule has 3 rings (SSSR count). The van der Waals surface area contributed by atoms with Crippen LogP contribution in [-0.4, -0.2) is 9.55 Å². The lowest BCUT2D eigenvalue weighted by atomic mass is 10.1. The number of benzene rings is 2. The first-order valence-electron chi connectivity index (χ1n) is 6.58. The van der Waals surface area contributed by atoms with E-state index >= 15 is 0 Å². The number of halogens is 3. The summed E-state index contributed by atoms with van der Waals surface area (Å²) in [5.74, 6) is 1.26. The minimum absolute atomic E-state index is 0.127. The Hall–Kier alpha value is -0.780. The van der Waals surface area contributed by atoms with Gasteiger partial charge < -0.3 is 4.57 Å². The van der Waals surface area contributed by atoms with Crippen LogP contribution in [0.3, 0.4) is 0 Å². The van der Waals surface area contributed by atoms with Gasteiger partial charge in [0, 0.05) is 8.59 Å². The second kappa shape index (κ2) is 6.15. The van der Waals surface area contributed by atoms with Crippen LogP contribution in [-0.2, 0) is 5.88 Å². The predicted molar refractivity (Wildman–Crippen MR) is 97.3 cm³/mol. The van der Waals surface area contributed by atoms with Crippen molar-refractivity contribution in [1.82, 2.24) is 9.55 Å². The van der Waals surface area contributed by atoms with Gasteiger partial charge in [0.05, 0.1) is 23.0 Å². The van der Waals surface area contributed by atoms with Crippen molar-refractivity contribution in [3.63, 3.8) is 0 Å². The molecule has 0 amide bonds. The number of imidazole rings is 1. The first-order valence-corrected chi connectivity index (χ1v) is 8.57. The molecular formula is C16H13Cl2IN2. The van der Waals surface area contributed by atoms with Crippen molar-refractivity contribution >= 4 is 56.8 Å². The summed E-state index contributed by atoms with van der Waals surface area (Å²) < 4.78 is 3.35. The zero-order valence-electron chi connectivity index (χ0n) is 11.4. The minimum Gasteiger partial charge on any atom is -0.320 e. The third kappa shape index (κ3) is 2.91. The molecule has 0 radical (unpaired) electrons. The molecule has 21 heavy (non-hydrogen) atoms. The Balaban J connectivity index is 2.18. The van der Waals surface area contributed by atoms with E-state index in [-0.39, 0.29) is 6.04 Å². The van der Waals surface area contributed by atoms with Crippen molar-refractivity contribution in [2.75, 3.05) is 0 Å². The Morgan fingerprint density at radius 1 is 1.24 bits per heavy atom. The van der Waals surface area contributed by atoms with Gasteiger partial charge in [-0.25, -0.2) is 4.98 Å². The molecule has 0 saturated heterocycles. The molecule has 0 N–H and O–H groups in total. The summed E-state index contributed by atoms with van der Waals surface area (Å²) in [7, 11) is 0. The van der Waals surface area contributed by atoms with Crippen molar-refractivity contribution in [2.45, 2.75) is 18.8 Å². The third-order valence-corrected chi connectivity index (χ3v) is 4.71. The molecule has 1 atom stereocenters. The first-order chi connectivity index (χ1) is 10.1. The Bertz CT molecular complexity index is 798. The lowest BCUT2D eigenvalue weighted by Crippen LogP contribution is -2.09. The van der Waals surface area contributed by atoms with Gasteiger partial charge >= 0.3 is 0 Å². The molecule has 1 heterocycles. The highest BCUT2D eigenvalue weighted by Gasteiger charge is 2.17. The molecule has 2 nitrogen and oxygen atoms in total. The highest BCUT2D eigenvalue weighted by Crippen LogP contribution is 2.28. The molecule has 0 aliphatic rings.